The fraction of sp³-hybridized carbons (Fsp3) is 0.211. The van der Waals surface area contributed by atoms with Crippen LogP contribution in [0.4, 0.5) is 5.69 Å². The van der Waals surface area contributed by atoms with E-state index in [9.17, 15) is 14.4 Å². The SMILES string of the molecule is CC1Oc2ccc(C=O)cc2N(CC(=O)NCc2ccccc2)C1=O. The van der Waals surface area contributed by atoms with Crippen molar-refractivity contribution in [2.45, 2.75) is 19.6 Å². The Bertz CT molecular complexity index is 804. The summed E-state index contributed by atoms with van der Waals surface area (Å²) in [4.78, 5) is 37.1. The molecule has 1 atom stereocenters. The summed E-state index contributed by atoms with van der Waals surface area (Å²) in [6, 6.07) is 14.3. The van der Waals surface area contributed by atoms with Crippen LogP contribution >= 0.6 is 0 Å². The number of carbonyl (C=O) groups is 3. The van der Waals surface area contributed by atoms with Gasteiger partial charge in [-0.25, -0.2) is 0 Å². The third-order valence-electron chi connectivity index (χ3n) is 3.96. The van der Waals surface area contributed by atoms with Gasteiger partial charge in [-0.3, -0.25) is 19.3 Å². The van der Waals surface area contributed by atoms with E-state index in [0.717, 1.165) is 5.56 Å². The molecule has 128 valence electrons. The molecule has 0 saturated heterocycles. The van der Waals surface area contributed by atoms with Crippen LogP contribution in [-0.2, 0) is 16.1 Å². The predicted molar refractivity (Wildman–Crippen MR) is 92.6 cm³/mol. The third-order valence-corrected chi connectivity index (χ3v) is 3.96. The Morgan fingerprint density at radius 3 is 2.72 bits per heavy atom. The van der Waals surface area contributed by atoms with Crippen molar-refractivity contribution in [1.29, 1.82) is 0 Å². The zero-order valence-electron chi connectivity index (χ0n) is 13.8. The first-order chi connectivity index (χ1) is 12.1. The number of amides is 2. The monoisotopic (exact) mass is 338 g/mol. The number of anilines is 1. The van der Waals surface area contributed by atoms with Crippen molar-refractivity contribution in [3.8, 4) is 5.75 Å². The van der Waals surface area contributed by atoms with Gasteiger partial charge in [-0.1, -0.05) is 30.3 Å². The maximum absolute atomic E-state index is 12.4. The molecule has 1 unspecified atom stereocenters. The molecular weight excluding hydrogens is 320 g/mol. The number of aldehydes is 1. The van der Waals surface area contributed by atoms with Gasteiger partial charge in [0, 0.05) is 12.1 Å². The molecule has 0 aliphatic carbocycles. The van der Waals surface area contributed by atoms with Crippen molar-refractivity contribution in [1.82, 2.24) is 5.32 Å². The smallest absolute Gasteiger partial charge is 0.268 e. The number of benzene rings is 2. The topological polar surface area (TPSA) is 75.7 Å². The van der Waals surface area contributed by atoms with E-state index in [-0.39, 0.29) is 18.4 Å². The molecule has 1 aliphatic heterocycles. The van der Waals surface area contributed by atoms with Gasteiger partial charge in [0.05, 0.1) is 5.69 Å². The molecule has 2 aromatic carbocycles. The zero-order valence-corrected chi connectivity index (χ0v) is 13.8. The number of hydrogen-bond donors (Lipinski definition) is 1. The minimum atomic E-state index is -0.684. The maximum Gasteiger partial charge on any atom is 0.268 e. The van der Waals surface area contributed by atoms with Crippen LogP contribution in [0.2, 0.25) is 0 Å². The molecule has 25 heavy (non-hydrogen) atoms. The Balaban J connectivity index is 1.75. The van der Waals surface area contributed by atoms with Crippen LogP contribution < -0.4 is 15.0 Å². The summed E-state index contributed by atoms with van der Waals surface area (Å²) in [6.45, 7) is 1.89. The molecule has 0 bridgehead atoms. The Morgan fingerprint density at radius 2 is 2.00 bits per heavy atom. The Morgan fingerprint density at radius 1 is 1.24 bits per heavy atom. The second kappa shape index (κ2) is 7.17. The van der Waals surface area contributed by atoms with Gasteiger partial charge in [0.1, 0.15) is 18.6 Å². The number of fused-ring (bicyclic) bond motifs is 1. The highest BCUT2D eigenvalue weighted by molar-refractivity contribution is 6.04. The second-order valence-corrected chi connectivity index (χ2v) is 5.79. The number of carbonyl (C=O) groups excluding carboxylic acids is 3. The highest BCUT2D eigenvalue weighted by atomic mass is 16.5. The zero-order chi connectivity index (χ0) is 17.8. The van der Waals surface area contributed by atoms with Gasteiger partial charge >= 0.3 is 0 Å². The van der Waals surface area contributed by atoms with Crippen molar-refractivity contribution >= 4 is 23.8 Å². The molecule has 2 aromatic rings. The van der Waals surface area contributed by atoms with Crippen LogP contribution in [0.25, 0.3) is 0 Å². The van der Waals surface area contributed by atoms with Crippen LogP contribution in [0, 0.1) is 0 Å². The standard InChI is InChI=1S/C19H18N2O4/c1-13-19(24)21(16-9-15(12-22)7-8-17(16)25-13)11-18(23)20-10-14-5-3-2-4-6-14/h2-9,12-13H,10-11H2,1H3,(H,20,23). The summed E-state index contributed by atoms with van der Waals surface area (Å²) < 4.78 is 5.55. The molecule has 1 aliphatic rings. The highest BCUT2D eigenvalue weighted by Gasteiger charge is 2.32. The minimum Gasteiger partial charge on any atom is -0.479 e. The van der Waals surface area contributed by atoms with E-state index < -0.39 is 6.10 Å². The molecular formula is C19H18N2O4. The lowest BCUT2D eigenvalue weighted by Crippen LogP contribution is -2.48. The maximum atomic E-state index is 12.4. The fourth-order valence-corrected chi connectivity index (χ4v) is 2.66. The fourth-order valence-electron chi connectivity index (χ4n) is 2.66. The Labute approximate surface area is 145 Å². The van der Waals surface area contributed by atoms with E-state index >= 15 is 0 Å². The first-order valence-electron chi connectivity index (χ1n) is 7.96. The summed E-state index contributed by atoms with van der Waals surface area (Å²) in [6.07, 6.45) is 0.00713. The molecule has 1 N–H and O–H groups in total. The number of hydrogen-bond acceptors (Lipinski definition) is 4. The van der Waals surface area contributed by atoms with Gasteiger partial charge in [0.25, 0.3) is 5.91 Å². The Hall–Kier alpha value is -3.15. The van der Waals surface area contributed by atoms with Crippen LogP contribution in [0.3, 0.4) is 0 Å². The Kier molecular flexibility index (Phi) is 4.79. The quantitative estimate of drug-likeness (QED) is 0.845. The van der Waals surface area contributed by atoms with Gasteiger partial charge < -0.3 is 10.1 Å². The largest absolute Gasteiger partial charge is 0.479 e. The van der Waals surface area contributed by atoms with Gasteiger partial charge in [0.15, 0.2) is 6.10 Å². The van der Waals surface area contributed by atoms with E-state index in [1.54, 1.807) is 25.1 Å². The first kappa shape index (κ1) is 16.7. The van der Waals surface area contributed by atoms with Gasteiger partial charge in [0.2, 0.25) is 5.91 Å². The molecule has 6 heteroatoms. The average Bonchev–Trinajstić information content (AvgIpc) is 2.64. The van der Waals surface area contributed by atoms with Crippen LogP contribution in [0.1, 0.15) is 22.8 Å². The molecule has 0 spiro atoms. The van der Waals surface area contributed by atoms with E-state index in [1.807, 2.05) is 30.3 Å². The lowest BCUT2D eigenvalue weighted by Gasteiger charge is -2.32. The van der Waals surface area contributed by atoms with Crippen molar-refractivity contribution in [2.24, 2.45) is 0 Å². The first-order valence-corrected chi connectivity index (χ1v) is 7.96. The van der Waals surface area contributed by atoms with Crippen LogP contribution in [-0.4, -0.2) is 30.7 Å². The molecule has 3 rings (SSSR count). The van der Waals surface area contributed by atoms with E-state index in [4.69, 9.17) is 4.74 Å². The second-order valence-electron chi connectivity index (χ2n) is 5.79. The van der Waals surface area contributed by atoms with Gasteiger partial charge in [-0.15, -0.1) is 0 Å². The summed E-state index contributed by atoms with van der Waals surface area (Å²) in [5.41, 5.74) is 1.82. The predicted octanol–water partition coefficient (Wildman–Crippen LogP) is 1.93. The summed E-state index contributed by atoms with van der Waals surface area (Å²) in [5.74, 6) is -0.118. The average molecular weight is 338 g/mol. The van der Waals surface area contributed by atoms with E-state index in [1.165, 1.54) is 4.90 Å². The number of ether oxygens (including phenoxy) is 1. The van der Waals surface area contributed by atoms with Crippen molar-refractivity contribution < 1.29 is 19.1 Å². The van der Waals surface area contributed by atoms with Crippen molar-refractivity contribution in [3.63, 3.8) is 0 Å². The lowest BCUT2D eigenvalue weighted by atomic mass is 10.1. The number of nitrogens with one attached hydrogen (secondary N) is 1. The summed E-state index contributed by atoms with van der Waals surface area (Å²) in [5, 5.41) is 2.80. The van der Waals surface area contributed by atoms with Gasteiger partial charge in [-0.2, -0.15) is 0 Å². The molecule has 0 fully saturated rings. The molecule has 0 aromatic heterocycles. The number of rotatable bonds is 5. The minimum absolute atomic E-state index is 0.130. The molecule has 0 radical (unpaired) electrons. The lowest BCUT2D eigenvalue weighted by molar-refractivity contribution is -0.128. The summed E-state index contributed by atoms with van der Waals surface area (Å²) >= 11 is 0. The molecule has 2 amide bonds. The van der Waals surface area contributed by atoms with Gasteiger partial charge in [-0.05, 0) is 30.7 Å². The van der Waals surface area contributed by atoms with Crippen molar-refractivity contribution in [3.05, 3.63) is 59.7 Å². The molecule has 1 heterocycles. The number of nitrogens with zero attached hydrogens (tertiary/aromatic N) is 1. The van der Waals surface area contributed by atoms with E-state index in [2.05, 4.69) is 5.32 Å². The van der Waals surface area contributed by atoms with E-state index in [0.29, 0.717) is 29.8 Å². The van der Waals surface area contributed by atoms with Crippen LogP contribution in [0.5, 0.6) is 5.75 Å². The van der Waals surface area contributed by atoms with Crippen molar-refractivity contribution in [2.75, 3.05) is 11.4 Å². The van der Waals surface area contributed by atoms with Crippen LogP contribution in [0.15, 0.2) is 48.5 Å². The molecule has 6 nitrogen and oxygen atoms in total. The summed E-state index contributed by atoms with van der Waals surface area (Å²) in [7, 11) is 0. The normalized spacial score (nSPS) is 16.0. The third kappa shape index (κ3) is 3.68. The highest BCUT2D eigenvalue weighted by Crippen LogP contribution is 2.34. The molecule has 0 saturated carbocycles.